The molecule has 7 heteroatoms. The van der Waals surface area contributed by atoms with Crippen LogP contribution in [-0.4, -0.2) is 26.7 Å². The van der Waals surface area contributed by atoms with E-state index in [1.54, 1.807) is 6.92 Å². The quantitative estimate of drug-likeness (QED) is 0.655. The monoisotopic (exact) mass is 368 g/mol. The molecule has 6 nitrogen and oxygen atoms in total. The highest BCUT2D eigenvalue weighted by molar-refractivity contribution is 8.00. The predicted octanol–water partition coefficient (Wildman–Crippen LogP) is 2.95. The number of nitrogens with zero attached hydrogens (tertiary/aromatic N) is 2. The zero-order valence-corrected chi connectivity index (χ0v) is 15.2. The molecule has 1 unspecified atom stereocenters. The molecule has 0 aliphatic rings. The molecule has 3 aromatic rings. The van der Waals surface area contributed by atoms with Crippen LogP contribution in [0.4, 0.5) is 4.79 Å². The first kappa shape index (κ1) is 18.0. The molecule has 0 radical (unpaired) electrons. The molecule has 134 valence electrons. The molecule has 0 spiro atoms. The third-order valence-electron chi connectivity index (χ3n) is 3.98. The molecule has 3 amide bonds. The van der Waals surface area contributed by atoms with Crippen LogP contribution in [-0.2, 0) is 17.8 Å². The van der Waals surface area contributed by atoms with Crippen LogP contribution in [0.2, 0.25) is 0 Å². The van der Waals surface area contributed by atoms with Gasteiger partial charge in [0.2, 0.25) is 5.91 Å². The summed E-state index contributed by atoms with van der Waals surface area (Å²) in [6.07, 6.45) is 0.858. The molecule has 0 saturated heterocycles. The van der Waals surface area contributed by atoms with Crippen LogP contribution in [0.25, 0.3) is 11.0 Å². The lowest BCUT2D eigenvalue weighted by molar-refractivity contribution is -0.119. The number of hydrogen-bond acceptors (Lipinski definition) is 4. The number of hydrogen-bond donors (Lipinski definition) is 2. The Morgan fingerprint density at radius 1 is 1.15 bits per heavy atom. The number of benzene rings is 2. The van der Waals surface area contributed by atoms with Gasteiger partial charge in [0.1, 0.15) is 0 Å². The molecule has 26 heavy (non-hydrogen) atoms. The number of imidazole rings is 1. The smallest absolute Gasteiger partial charge is 0.318 e. The van der Waals surface area contributed by atoms with Crippen molar-refractivity contribution in [3.8, 4) is 0 Å². The average Bonchev–Trinajstić information content (AvgIpc) is 2.97. The Bertz CT molecular complexity index is 924. The summed E-state index contributed by atoms with van der Waals surface area (Å²) >= 11 is 1.31. The minimum Gasteiger partial charge on any atom is -0.351 e. The molecule has 2 aromatic carbocycles. The topological polar surface area (TPSA) is 90.0 Å². The summed E-state index contributed by atoms with van der Waals surface area (Å²) in [5.74, 6) is -0.427. The van der Waals surface area contributed by atoms with Gasteiger partial charge in [0, 0.05) is 6.54 Å². The second kappa shape index (κ2) is 8.05. The number of primary amides is 1. The SMILES string of the molecule is CC(Sc1nc2ccccc2n1CCc1ccccc1)C(=O)NC(N)=O. The lowest BCUT2D eigenvalue weighted by Gasteiger charge is -2.12. The third-order valence-corrected chi connectivity index (χ3v) is 5.07. The molecule has 1 atom stereocenters. The molecule has 0 fully saturated rings. The van der Waals surface area contributed by atoms with Gasteiger partial charge in [-0.05, 0) is 31.0 Å². The second-order valence-corrected chi connectivity index (χ2v) is 7.19. The fourth-order valence-electron chi connectivity index (χ4n) is 2.68. The Hall–Kier alpha value is -2.80. The molecule has 1 aromatic heterocycles. The molecule has 3 rings (SSSR count). The number of urea groups is 1. The number of rotatable bonds is 6. The Labute approximate surface area is 155 Å². The zero-order chi connectivity index (χ0) is 18.5. The van der Waals surface area contributed by atoms with E-state index in [9.17, 15) is 9.59 Å². The molecular weight excluding hydrogens is 348 g/mol. The molecule has 0 aliphatic heterocycles. The maximum atomic E-state index is 12.0. The van der Waals surface area contributed by atoms with E-state index in [2.05, 4.69) is 27.0 Å². The highest BCUT2D eigenvalue weighted by Crippen LogP contribution is 2.27. The van der Waals surface area contributed by atoms with Crippen LogP contribution < -0.4 is 11.1 Å². The van der Waals surface area contributed by atoms with Crippen molar-refractivity contribution in [2.24, 2.45) is 5.73 Å². The van der Waals surface area contributed by atoms with Gasteiger partial charge in [-0.2, -0.15) is 0 Å². The van der Waals surface area contributed by atoms with Gasteiger partial charge >= 0.3 is 6.03 Å². The molecule has 1 heterocycles. The Morgan fingerprint density at radius 2 is 1.85 bits per heavy atom. The van der Waals surface area contributed by atoms with E-state index < -0.39 is 17.2 Å². The van der Waals surface area contributed by atoms with Gasteiger partial charge < -0.3 is 10.3 Å². The number of carbonyl (C=O) groups excluding carboxylic acids is 2. The van der Waals surface area contributed by atoms with Crippen molar-refractivity contribution in [2.45, 2.75) is 30.3 Å². The van der Waals surface area contributed by atoms with Crippen molar-refractivity contribution in [3.63, 3.8) is 0 Å². The summed E-state index contributed by atoms with van der Waals surface area (Å²) in [4.78, 5) is 27.5. The zero-order valence-electron chi connectivity index (χ0n) is 14.4. The first-order valence-electron chi connectivity index (χ1n) is 8.31. The van der Waals surface area contributed by atoms with Gasteiger partial charge in [-0.1, -0.05) is 54.2 Å². The van der Waals surface area contributed by atoms with Crippen LogP contribution >= 0.6 is 11.8 Å². The lowest BCUT2D eigenvalue weighted by Crippen LogP contribution is -2.39. The Balaban J connectivity index is 1.84. The summed E-state index contributed by atoms with van der Waals surface area (Å²) in [7, 11) is 0. The minimum atomic E-state index is -0.847. The maximum Gasteiger partial charge on any atom is 0.318 e. The van der Waals surface area contributed by atoms with E-state index in [0.717, 1.165) is 29.2 Å². The highest BCUT2D eigenvalue weighted by atomic mass is 32.2. The molecule has 0 aliphatic carbocycles. The number of thioether (sulfide) groups is 1. The number of carbonyl (C=O) groups is 2. The summed E-state index contributed by atoms with van der Waals surface area (Å²) in [5, 5.41) is 2.37. The highest BCUT2D eigenvalue weighted by Gasteiger charge is 2.20. The first-order chi connectivity index (χ1) is 12.5. The van der Waals surface area contributed by atoms with E-state index in [0.29, 0.717) is 0 Å². The van der Waals surface area contributed by atoms with E-state index >= 15 is 0 Å². The van der Waals surface area contributed by atoms with Crippen molar-refractivity contribution in [1.82, 2.24) is 14.9 Å². The number of nitrogens with two attached hydrogens (primary N) is 1. The summed E-state index contributed by atoms with van der Waals surface area (Å²) in [5.41, 5.74) is 8.17. The van der Waals surface area contributed by atoms with Crippen molar-refractivity contribution in [1.29, 1.82) is 0 Å². The van der Waals surface area contributed by atoms with Crippen molar-refractivity contribution in [3.05, 3.63) is 60.2 Å². The van der Waals surface area contributed by atoms with Crippen LogP contribution in [0.1, 0.15) is 12.5 Å². The normalized spacial score (nSPS) is 12.0. The molecule has 0 bridgehead atoms. The standard InChI is InChI=1S/C19H20N4O2S/c1-13(17(24)22-18(20)25)26-19-21-15-9-5-6-10-16(15)23(19)12-11-14-7-3-2-4-8-14/h2-10,13H,11-12H2,1H3,(H3,20,22,24,25). The number of para-hydroxylation sites is 2. The number of aryl methyl sites for hydroxylation is 2. The number of aromatic nitrogens is 2. The van der Waals surface area contributed by atoms with E-state index in [4.69, 9.17) is 5.73 Å². The van der Waals surface area contributed by atoms with Gasteiger partial charge in [-0.25, -0.2) is 9.78 Å². The number of fused-ring (bicyclic) bond motifs is 1. The van der Waals surface area contributed by atoms with Gasteiger partial charge in [0.15, 0.2) is 5.16 Å². The summed E-state index contributed by atoms with van der Waals surface area (Å²) < 4.78 is 2.11. The lowest BCUT2D eigenvalue weighted by atomic mass is 10.1. The predicted molar refractivity (Wildman–Crippen MR) is 103 cm³/mol. The Morgan fingerprint density at radius 3 is 2.58 bits per heavy atom. The van der Waals surface area contributed by atoms with Crippen LogP contribution in [0.3, 0.4) is 0 Å². The Kier molecular flexibility index (Phi) is 5.58. The van der Waals surface area contributed by atoms with Gasteiger partial charge in [0.25, 0.3) is 0 Å². The van der Waals surface area contributed by atoms with E-state index in [1.165, 1.54) is 17.3 Å². The second-order valence-electron chi connectivity index (χ2n) is 5.88. The van der Waals surface area contributed by atoms with Gasteiger partial charge in [-0.15, -0.1) is 0 Å². The maximum absolute atomic E-state index is 12.0. The van der Waals surface area contributed by atoms with Gasteiger partial charge in [0.05, 0.1) is 16.3 Å². The first-order valence-corrected chi connectivity index (χ1v) is 9.18. The van der Waals surface area contributed by atoms with Crippen LogP contribution in [0.5, 0.6) is 0 Å². The number of amides is 3. The van der Waals surface area contributed by atoms with Crippen LogP contribution in [0.15, 0.2) is 59.8 Å². The number of nitrogens with one attached hydrogen (secondary N) is 1. The average molecular weight is 368 g/mol. The van der Waals surface area contributed by atoms with Crippen molar-refractivity contribution < 1.29 is 9.59 Å². The molecule has 3 N–H and O–H groups in total. The minimum absolute atomic E-state index is 0.427. The van der Waals surface area contributed by atoms with Crippen molar-refractivity contribution >= 4 is 34.7 Å². The van der Waals surface area contributed by atoms with Crippen LogP contribution in [0, 0.1) is 0 Å². The fraction of sp³-hybridized carbons (Fsp3) is 0.211. The van der Waals surface area contributed by atoms with E-state index in [1.807, 2.05) is 42.5 Å². The summed E-state index contributed by atoms with van der Waals surface area (Å²) in [6.45, 7) is 2.47. The summed E-state index contributed by atoms with van der Waals surface area (Å²) in [6, 6.07) is 17.3. The van der Waals surface area contributed by atoms with E-state index in [-0.39, 0.29) is 0 Å². The number of imide groups is 1. The van der Waals surface area contributed by atoms with Crippen molar-refractivity contribution in [2.75, 3.05) is 0 Å². The molecule has 0 saturated carbocycles. The van der Waals surface area contributed by atoms with Gasteiger partial charge in [-0.3, -0.25) is 10.1 Å². The fourth-order valence-corrected chi connectivity index (χ4v) is 3.63. The largest absolute Gasteiger partial charge is 0.351 e. The third kappa shape index (κ3) is 4.23. The molecular formula is C19H20N4O2S.